The Bertz CT molecular complexity index is 1530. The van der Waals surface area contributed by atoms with E-state index in [-0.39, 0.29) is 36.1 Å². The van der Waals surface area contributed by atoms with Crippen LogP contribution in [-0.2, 0) is 16.0 Å². The quantitative estimate of drug-likeness (QED) is 0.357. The molecule has 5 heterocycles. The zero-order valence-electron chi connectivity index (χ0n) is 23.7. The van der Waals surface area contributed by atoms with Crippen LogP contribution in [0, 0.1) is 0 Å². The van der Waals surface area contributed by atoms with Gasteiger partial charge in [-0.25, -0.2) is 9.98 Å². The lowest BCUT2D eigenvalue weighted by Gasteiger charge is -2.25. The van der Waals surface area contributed by atoms with Crippen LogP contribution in [0.15, 0.2) is 53.8 Å². The minimum atomic E-state index is -0.741. The van der Waals surface area contributed by atoms with Crippen LogP contribution >= 0.6 is 0 Å². The van der Waals surface area contributed by atoms with Gasteiger partial charge in [0.15, 0.2) is 0 Å². The van der Waals surface area contributed by atoms with Crippen molar-refractivity contribution in [2.75, 3.05) is 31.5 Å². The number of carbonyl (C=O) groups is 3. The lowest BCUT2D eigenvalue weighted by atomic mass is 10.1. The standard InChI is InChI=1S/C31H35N7O4/c1-20-16-22-17-23(8-10-27(22)42-20)33-31(36-29(40)25-9-7-21-18-32-12-11-24(21)34-25)35-26-6-2-3-15-38(30(26)41)19-28(39)37-13-4-5-14-37/h7-12,17-18,20,26H,2-6,13-16,19H2,1H3,(H2,33,35,36,40)/t20?,26-/m0/s1. The molecule has 0 saturated carbocycles. The van der Waals surface area contributed by atoms with E-state index in [2.05, 4.69) is 20.6 Å². The third-order valence-corrected chi connectivity index (χ3v) is 7.93. The largest absolute Gasteiger partial charge is 0.490 e. The van der Waals surface area contributed by atoms with Crippen LogP contribution in [0.5, 0.6) is 5.75 Å². The average molecular weight is 570 g/mol. The van der Waals surface area contributed by atoms with E-state index >= 15 is 0 Å². The van der Waals surface area contributed by atoms with Crippen LogP contribution in [-0.4, -0.2) is 81.8 Å². The van der Waals surface area contributed by atoms with Gasteiger partial charge < -0.3 is 19.9 Å². The summed E-state index contributed by atoms with van der Waals surface area (Å²) in [6.07, 6.45) is 8.27. The topological polar surface area (TPSA) is 129 Å². The van der Waals surface area contributed by atoms with Gasteiger partial charge in [0.1, 0.15) is 23.6 Å². The summed E-state index contributed by atoms with van der Waals surface area (Å²) in [5, 5.41) is 6.91. The molecule has 2 saturated heterocycles. The Morgan fingerprint density at radius 3 is 2.76 bits per heavy atom. The van der Waals surface area contributed by atoms with E-state index in [4.69, 9.17) is 9.73 Å². The number of aliphatic imine (C=N–C) groups is 1. The number of likely N-dealkylation sites (tertiary alicyclic amines) is 2. The number of nitrogens with one attached hydrogen (secondary N) is 2. The number of hydrogen-bond donors (Lipinski definition) is 2. The summed E-state index contributed by atoms with van der Waals surface area (Å²) < 4.78 is 5.83. The van der Waals surface area contributed by atoms with Crippen molar-refractivity contribution >= 4 is 40.3 Å². The normalized spacial score (nSPS) is 20.7. The lowest BCUT2D eigenvalue weighted by Crippen LogP contribution is -2.45. The van der Waals surface area contributed by atoms with E-state index in [1.54, 1.807) is 35.5 Å². The molecule has 3 amide bonds. The van der Waals surface area contributed by atoms with Crippen LogP contribution < -0.4 is 15.4 Å². The van der Waals surface area contributed by atoms with Gasteiger partial charge in [-0.1, -0.05) is 0 Å². The molecule has 3 aliphatic heterocycles. The van der Waals surface area contributed by atoms with E-state index in [0.29, 0.717) is 24.2 Å². The second-order valence-corrected chi connectivity index (χ2v) is 11.1. The predicted octanol–water partition coefficient (Wildman–Crippen LogP) is 3.15. The highest BCUT2D eigenvalue weighted by Crippen LogP contribution is 2.31. The molecule has 2 atom stereocenters. The number of pyridine rings is 2. The molecule has 2 fully saturated rings. The van der Waals surface area contributed by atoms with Crippen molar-refractivity contribution in [3.63, 3.8) is 0 Å². The summed E-state index contributed by atoms with van der Waals surface area (Å²) >= 11 is 0. The number of fused-ring (bicyclic) bond motifs is 2. The molecule has 42 heavy (non-hydrogen) atoms. The highest BCUT2D eigenvalue weighted by Gasteiger charge is 2.31. The van der Waals surface area contributed by atoms with Crippen molar-refractivity contribution in [2.45, 2.75) is 57.6 Å². The van der Waals surface area contributed by atoms with Crippen molar-refractivity contribution in [2.24, 2.45) is 4.99 Å². The lowest BCUT2D eigenvalue weighted by molar-refractivity contribution is -0.140. The molecule has 1 unspecified atom stereocenters. The molecular formula is C31H35N7O4. The maximum absolute atomic E-state index is 13.6. The summed E-state index contributed by atoms with van der Waals surface area (Å²) in [5.74, 6) is 0.294. The van der Waals surface area contributed by atoms with E-state index in [9.17, 15) is 14.4 Å². The third-order valence-electron chi connectivity index (χ3n) is 7.93. The van der Waals surface area contributed by atoms with Crippen LogP contribution in [0.3, 0.4) is 0 Å². The van der Waals surface area contributed by atoms with Crippen molar-refractivity contribution < 1.29 is 19.1 Å². The number of amides is 3. The van der Waals surface area contributed by atoms with Gasteiger partial charge in [-0.05, 0) is 81.0 Å². The SMILES string of the molecule is CC1Cc2cc(NC(=N[C@H]3CCCCN(CC(=O)N4CCCC4)C3=O)NC(=O)c3ccc4cnccc4n3)ccc2O1. The third kappa shape index (κ3) is 6.19. The van der Waals surface area contributed by atoms with Crippen LogP contribution in [0.25, 0.3) is 10.9 Å². The van der Waals surface area contributed by atoms with Gasteiger partial charge in [0.05, 0.1) is 12.1 Å². The molecule has 6 rings (SSSR count). The molecule has 0 spiro atoms. The van der Waals surface area contributed by atoms with Crippen molar-refractivity contribution in [1.29, 1.82) is 0 Å². The van der Waals surface area contributed by atoms with Crippen molar-refractivity contribution in [3.8, 4) is 5.75 Å². The zero-order valence-corrected chi connectivity index (χ0v) is 23.7. The fourth-order valence-corrected chi connectivity index (χ4v) is 5.74. The zero-order chi connectivity index (χ0) is 29.1. The first-order valence-corrected chi connectivity index (χ1v) is 14.7. The smallest absolute Gasteiger partial charge is 0.276 e. The number of rotatable bonds is 5. The highest BCUT2D eigenvalue weighted by molar-refractivity contribution is 6.10. The molecule has 3 aromatic rings. The summed E-state index contributed by atoms with van der Waals surface area (Å²) in [7, 11) is 0. The monoisotopic (exact) mass is 569 g/mol. The average Bonchev–Trinajstić information content (AvgIpc) is 3.63. The first-order valence-electron chi connectivity index (χ1n) is 14.7. The number of aromatic nitrogens is 2. The Labute approximate surface area is 244 Å². The first-order chi connectivity index (χ1) is 20.4. The number of ether oxygens (including phenoxy) is 1. The number of benzene rings is 1. The van der Waals surface area contributed by atoms with E-state index in [0.717, 1.165) is 61.9 Å². The fourth-order valence-electron chi connectivity index (χ4n) is 5.74. The number of nitrogens with zero attached hydrogens (tertiary/aromatic N) is 5. The van der Waals surface area contributed by atoms with Crippen LogP contribution in [0.4, 0.5) is 5.69 Å². The molecule has 0 aliphatic carbocycles. The summed E-state index contributed by atoms with van der Waals surface area (Å²) in [6, 6.07) is 10.1. The van der Waals surface area contributed by atoms with Gasteiger partial charge in [-0.2, -0.15) is 0 Å². The Morgan fingerprint density at radius 2 is 1.90 bits per heavy atom. The van der Waals surface area contributed by atoms with E-state index in [1.165, 1.54) is 0 Å². The number of hydrogen-bond acceptors (Lipinski definition) is 7. The second-order valence-electron chi connectivity index (χ2n) is 11.1. The molecule has 0 bridgehead atoms. The Balaban J connectivity index is 1.26. The number of guanidine groups is 1. The predicted molar refractivity (Wildman–Crippen MR) is 158 cm³/mol. The number of anilines is 1. The molecule has 11 nitrogen and oxygen atoms in total. The molecule has 3 aliphatic rings. The molecule has 1 aromatic carbocycles. The molecule has 218 valence electrons. The molecule has 11 heteroatoms. The molecule has 0 radical (unpaired) electrons. The molecule has 2 N–H and O–H groups in total. The fraction of sp³-hybridized carbons (Fsp3) is 0.419. The van der Waals surface area contributed by atoms with Gasteiger partial charge in [-0.15, -0.1) is 0 Å². The van der Waals surface area contributed by atoms with Gasteiger partial charge in [0.25, 0.3) is 5.91 Å². The molecular weight excluding hydrogens is 534 g/mol. The van der Waals surface area contributed by atoms with Crippen LogP contribution in [0.1, 0.15) is 55.1 Å². The summed E-state index contributed by atoms with van der Waals surface area (Å²) in [5.41, 5.74) is 2.63. The number of carbonyl (C=O) groups excluding carboxylic acids is 3. The second kappa shape index (κ2) is 12.1. The maximum Gasteiger partial charge on any atom is 0.276 e. The minimum Gasteiger partial charge on any atom is -0.490 e. The van der Waals surface area contributed by atoms with Gasteiger partial charge in [0, 0.05) is 49.5 Å². The van der Waals surface area contributed by atoms with Crippen molar-refractivity contribution in [1.82, 2.24) is 25.1 Å². The Morgan fingerprint density at radius 1 is 1.07 bits per heavy atom. The maximum atomic E-state index is 13.6. The van der Waals surface area contributed by atoms with Gasteiger partial charge >= 0.3 is 0 Å². The Kier molecular flexibility index (Phi) is 7.98. The Hall–Kier alpha value is -4.54. The minimum absolute atomic E-state index is 0.0238. The summed E-state index contributed by atoms with van der Waals surface area (Å²) in [4.78, 5) is 56.7. The summed E-state index contributed by atoms with van der Waals surface area (Å²) in [6.45, 7) is 4.07. The molecule has 2 aromatic heterocycles. The van der Waals surface area contributed by atoms with Crippen molar-refractivity contribution in [3.05, 3.63) is 60.0 Å². The van der Waals surface area contributed by atoms with E-state index in [1.807, 2.05) is 30.0 Å². The first kappa shape index (κ1) is 27.6. The van der Waals surface area contributed by atoms with Gasteiger partial charge in [0.2, 0.25) is 17.8 Å². The highest BCUT2D eigenvalue weighted by atomic mass is 16.5. The van der Waals surface area contributed by atoms with Crippen LogP contribution in [0.2, 0.25) is 0 Å². The van der Waals surface area contributed by atoms with E-state index < -0.39 is 11.9 Å². The van der Waals surface area contributed by atoms with Gasteiger partial charge in [-0.3, -0.25) is 24.7 Å².